The van der Waals surface area contributed by atoms with Crippen LogP contribution in [-0.4, -0.2) is 17.4 Å². The predicted molar refractivity (Wildman–Crippen MR) is 81.4 cm³/mol. The lowest BCUT2D eigenvalue weighted by Crippen LogP contribution is -2.42. The first-order valence-corrected chi connectivity index (χ1v) is 7.41. The van der Waals surface area contributed by atoms with E-state index in [1.165, 1.54) is 19.3 Å². The van der Waals surface area contributed by atoms with E-state index in [1.807, 2.05) is 13.8 Å². The molecule has 2 atom stereocenters. The number of nitrogens with one attached hydrogen (secondary N) is 1. The number of carbonyl (C=O) groups is 1. The van der Waals surface area contributed by atoms with Crippen LogP contribution in [0.15, 0.2) is 0 Å². The van der Waals surface area contributed by atoms with Crippen LogP contribution in [0, 0.1) is 17.8 Å². The van der Waals surface area contributed by atoms with Crippen molar-refractivity contribution in [1.82, 2.24) is 5.32 Å². The second-order valence-electron chi connectivity index (χ2n) is 5.29. The molecule has 0 aliphatic rings. The number of hydrogen-bond acceptors (Lipinski definition) is 2. The van der Waals surface area contributed by atoms with Gasteiger partial charge in [0.25, 0.3) is 0 Å². The van der Waals surface area contributed by atoms with Gasteiger partial charge >= 0.3 is 0 Å². The molecule has 18 heavy (non-hydrogen) atoms. The highest BCUT2D eigenvalue weighted by atomic mass is 32.1. The molecule has 1 amide bonds. The van der Waals surface area contributed by atoms with Crippen molar-refractivity contribution in [2.24, 2.45) is 23.5 Å². The van der Waals surface area contributed by atoms with Crippen molar-refractivity contribution < 1.29 is 4.79 Å². The van der Waals surface area contributed by atoms with Crippen LogP contribution in [0.3, 0.4) is 0 Å². The van der Waals surface area contributed by atoms with Crippen LogP contribution >= 0.6 is 12.2 Å². The quantitative estimate of drug-likeness (QED) is 0.635. The van der Waals surface area contributed by atoms with Gasteiger partial charge in [0.1, 0.15) is 0 Å². The molecular weight excluding hydrogens is 244 g/mol. The Hall–Kier alpha value is -0.640. The van der Waals surface area contributed by atoms with Gasteiger partial charge in [0, 0.05) is 6.54 Å². The molecule has 0 aliphatic carbocycles. The highest BCUT2D eigenvalue weighted by Gasteiger charge is 2.25. The molecule has 0 spiro atoms. The molecule has 0 radical (unpaired) electrons. The molecule has 0 aromatic rings. The van der Waals surface area contributed by atoms with E-state index in [0.29, 0.717) is 10.9 Å². The van der Waals surface area contributed by atoms with Crippen LogP contribution in [0.2, 0.25) is 0 Å². The van der Waals surface area contributed by atoms with Crippen LogP contribution < -0.4 is 11.1 Å². The molecule has 0 aromatic heterocycles. The Bertz CT molecular complexity index is 267. The van der Waals surface area contributed by atoms with Gasteiger partial charge in [-0.2, -0.15) is 0 Å². The van der Waals surface area contributed by atoms with Gasteiger partial charge in [0.05, 0.1) is 10.9 Å². The van der Waals surface area contributed by atoms with Crippen LogP contribution in [0.5, 0.6) is 0 Å². The number of rotatable bonds is 9. The zero-order valence-electron chi connectivity index (χ0n) is 12.2. The Morgan fingerprint density at radius 1 is 1.33 bits per heavy atom. The maximum atomic E-state index is 12.0. The number of nitrogens with two attached hydrogens (primary N) is 1. The largest absolute Gasteiger partial charge is 0.393 e. The molecule has 0 aliphatic heterocycles. The van der Waals surface area contributed by atoms with Crippen LogP contribution in [0.25, 0.3) is 0 Å². The van der Waals surface area contributed by atoms with Gasteiger partial charge in [-0.1, -0.05) is 59.2 Å². The van der Waals surface area contributed by atoms with Gasteiger partial charge < -0.3 is 11.1 Å². The van der Waals surface area contributed by atoms with Crippen molar-refractivity contribution in [2.75, 3.05) is 6.54 Å². The van der Waals surface area contributed by atoms with E-state index >= 15 is 0 Å². The van der Waals surface area contributed by atoms with Crippen molar-refractivity contribution in [3.05, 3.63) is 0 Å². The van der Waals surface area contributed by atoms with Crippen LogP contribution in [0.4, 0.5) is 0 Å². The summed E-state index contributed by atoms with van der Waals surface area (Å²) in [5.74, 6) is 0.349. The van der Waals surface area contributed by atoms with Gasteiger partial charge in [-0.05, 0) is 18.3 Å². The monoisotopic (exact) mass is 272 g/mol. The van der Waals surface area contributed by atoms with Gasteiger partial charge in [-0.25, -0.2) is 0 Å². The summed E-state index contributed by atoms with van der Waals surface area (Å²) in [6.07, 6.45) is 4.69. The first-order valence-electron chi connectivity index (χ1n) is 7.00. The normalized spacial score (nSPS) is 14.3. The molecule has 0 fully saturated rings. The van der Waals surface area contributed by atoms with Gasteiger partial charge in [-0.15, -0.1) is 0 Å². The topological polar surface area (TPSA) is 55.1 Å². The molecule has 0 saturated heterocycles. The Morgan fingerprint density at radius 2 is 1.94 bits per heavy atom. The van der Waals surface area contributed by atoms with E-state index in [0.717, 1.165) is 13.0 Å². The van der Waals surface area contributed by atoms with Gasteiger partial charge in [0.2, 0.25) is 5.91 Å². The third-order valence-electron chi connectivity index (χ3n) is 3.36. The van der Waals surface area contributed by atoms with Crippen molar-refractivity contribution in [3.63, 3.8) is 0 Å². The molecule has 0 bridgehead atoms. The smallest absolute Gasteiger partial charge is 0.230 e. The molecule has 0 rings (SSSR count). The number of thiocarbonyl (C=S) groups is 1. The van der Waals surface area contributed by atoms with Crippen LogP contribution in [-0.2, 0) is 4.79 Å². The number of hydrogen-bond donors (Lipinski definition) is 2. The summed E-state index contributed by atoms with van der Waals surface area (Å²) in [5.41, 5.74) is 5.63. The van der Waals surface area contributed by atoms with Gasteiger partial charge in [-0.3, -0.25) is 4.79 Å². The van der Waals surface area contributed by atoms with Crippen LogP contribution in [0.1, 0.15) is 53.4 Å². The maximum absolute atomic E-state index is 12.0. The molecule has 4 heteroatoms. The van der Waals surface area contributed by atoms with Crippen molar-refractivity contribution in [2.45, 2.75) is 53.4 Å². The van der Waals surface area contributed by atoms with Gasteiger partial charge in [0.15, 0.2) is 0 Å². The number of unbranched alkanes of at least 4 members (excludes halogenated alkanes) is 1. The fourth-order valence-electron chi connectivity index (χ4n) is 2.06. The second kappa shape index (κ2) is 9.31. The van der Waals surface area contributed by atoms with E-state index in [1.54, 1.807) is 0 Å². The molecule has 3 nitrogen and oxygen atoms in total. The summed E-state index contributed by atoms with van der Waals surface area (Å²) in [6, 6.07) is 0. The Balaban J connectivity index is 4.24. The predicted octanol–water partition coefficient (Wildman–Crippen LogP) is 2.88. The Morgan fingerprint density at radius 3 is 2.33 bits per heavy atom. The number of carbonyl (C=O) groups excluding carboxylic acids is 1. The second-order valence-corrected chi connectivity index (χ2v) is 5.76. The fraction of sp³-hybridized carbons (Fsp3) is 0.857. The lowest BCUT2D eigenvalue weighted by atomic mass is 9.94. The molecule has 0 aromatic carbocycles. The summed E-state index contributed by atoms with van der Waals surface area (Å²) in [6.45, 7) is 9.03. The van der Waals surface area contributed by atoms with E-state index in [4.69, 9.17) is 18.0 Å². The van der Waals surface area contributed by atoms with E-state index < -0.39 is 0 Å². The fourth-order valence-corrected chi connectivity index (χ4v) is 2.44. The molecule has 0 heterocycles. The number of amides is 1. The Labute approximate surface area is 117 Å². The average Bonchev–Trinajstić information content (AvgIpc) is 2.28. The average molecular weight is 272 g/mol. The first-order chi connectivity index (χ1) is 8.43. The van der Waals surface area contributed by atoms with Crippen molar-refractivity contribution in [3.8, 4) is 0 Å². The van der Waals surface area contributed by atoms with E-state index in [9.17, 15) is 4.79 Å². The SMILES string of the molecule is CCCCC(CC)CNC(=O)C(C(N)=S)C(C)C. The lowest BCUT2D eigenvalue weighted by Gasteiger charge is -2.21. The maximum Gasteiger partial charge on any atom is 0.230 e. The minimum atomic E-state index is -0.344. The zero-order valence-corrected chi connectivity index (χ0v) is 13.0. The third kappa shape index (κ3) is 6.34. The van der Waals surface area contributed by atoms with E-state index in [-0.39, 0.29) is 17.7 Å². The molecule has 2 unspecified atom stereocenters. The first kappa shape index (κ1) is 17.4. The minimum Gasteiger partial charge on any atom is -0.393 e. The van der Waals surface area contributed by atoms with Crippen molar-refractivity contribution >= 4 is 23.1 Å². The molecular formula is C14H28N2OS. The van der Waals surface area contributed by atoms with E-state index in [2.05, 4.69) is 19.2 Å². The third-order valence-corrected chi connectivity index (χ3v) is 3.62. The zero-order chi connectivity index (χ0) is 14.1. The highest BCUT2D eigenvalue weighted by molar-refractivity contribution is 7.80. The summed E-state index contributed by atoms with van der Waals surface area (Å²) < 4.78 is 0. The lowest BCUT2D eigenvalue weighted by molar-refractivity contribution is -0.124. The summed E-state index contributed by atoms with van der Waals surface area (Å²) >= 11 is 4.96. The summed E-state index contributed by atoms with van der Waals surface area (Å²) in [7, 11) is 0. The molecule has 0 saturated carbocycles. The Kier molecular flexibility index (Phi) is 8.98. The molecule has 3 N–H and O–H groups in total. The highest BCUT2D eigenvalue weighted by Crippen LogP contribution is 2.14. The molecule has 106 valence electrons. The minimum absolute atomic E-state index is 0.0209. The standard InChI is InChI=1S/C14H28N2OS/c1-5-7-8-11(6-2)9-16-14(17)12(10(3)4)13(15)18/h10-12H,5-9H2,1-4H3,(H2,15,18)(H,16,17). The summed E-state index contributed by atoms with van der Waals surface area (Å²) in [4.78, 5) is 12.3. The van der Waals surface area contributed by atoms with Crippen molar-refractivity contribution in [1.29, 1.82) is 0 Å². The summed E-state index contributed by atoms with van der Waals surface area (Å²) in [5, 5.41) is 3.00.